The molecule has 1 aliphatic rings. The summed E-state index contributed by atoms with van der Waals surface area (Å²) < 4.78 is 33.5. The van der Waals surface area contributed by atoms with Gasteiger partial charge in [0.15, 0.2) is 12.2 Å². The minimum atomic E-state index is -3.66. The molecule has 1 aliphatic carbocycles. The Labute approximate surface area is 171 Å². The quantitative estimate of drug-likeness (QED) is 0.614. The highest BCUT2D eigenvalue weighted by Crippen LogP contribution is 2.27. The maximum atomic E-state index is 12.8. The van der Waals surface area contributed by atoms with Crippen LogP contribution >= 0.6 is 0 Å². The second-order valence-corrected chi connectivity index (χ2v) is 9.06. The first-order valence-corrected chi connectivity index (χ1v) is 11.4. The highest BCUT2D eigenvalue weighted by Gasteiger charge is 2.20. The molecule has 29 heavy (non-hydrogen) atoms. The monoisotopic (exact) mass is 411 g/mol. The molecular weight excluding hydrogens is 386 g/mol. The molecule has 0 radical (unpaired) electrons. The van der Waals surface area contributed by atoms with E-state index in [0.717, 1.165) is 37.8 Å². The van der Waals surface area contributed by atoms with Crippen molar-refractivity contribution in [2.45, 2.75) is 43.5 Å². The highest BCUT2D eigenvalue weighted by atomic mass is 32.2. The molecule has 7 heteroatoms. The van der Waals surface area contributed by atoms with Crippen LogP contribution in [-0.4, -0.2) is 26.0 Å². The van der Waals surface area contributed by atoms with Crippen molar-refractivity contribution < 1.29 is 12.8 Å². The van der Waals surface area contributed by atoms with E-state index in [1.54, 1.807) is 30.5 Å². The number of nitrogens with one attached hydrogen (secondary N) is 2. The van der Waals surface area contributed by atoms with Gasteiger partial charge in [-0.15, -0.1) is 0 Å². The van der Waals surface area contributed by atoms with Gasteiger partial charge in [-0.25, -0.2) is 13.4 Å². The maximum Gasteiger partial charge on any atom is 0.261 e. The third-order valence-corrected chi connectivity index (χ3v) is 6.65. The summed E-state index contributed by atoms with van der Waals surface area (Å²) in [4.78, 5) is 4.09. The minimum Gasteiger partial charge on any atom is -0.444 e. The molecule has 0 aliphatic heterocycles. The molecule has 4 rings (SSSR count). The van der Waals surface area contributed by atoms with Crippen molar-refractivity contribution in [1.82, 2.24) is 10.3 Å². The van der Waals surface area contributed by atoms with Crippen molar-refractivity contribution in [1.29, 1.82) is 0 Å². The Morgan fingerprint density at radius 2 is 1.97 bits per heavy atom. The molecule has 2 aromatic carbocycles. The Morgan fingerprint density at radius 3 is 2.69 bits per heavy atom. The number of aryl methyl sites for hydroxylation is 1. The molecule has 0 unspecified atom stereocenters. The summed E-state index contributed by atoms with van der Waals surface area (Å²) in [6.07, 6.45) is 7.09. The van der Waals surface area contributed by atoms with Crippen molar-refractivity contribution in [2.75, 3.05) is 11.3 Å². The summed E-state index contributed by atoms with van der Waals surface area (Å²) in [7, 11) is -3.66. The van der Waals surface area contributed by atoms with Gasteiger partial charge in [-0.3, -0.25) is 4.72 Å². The van der Waals surface area contributed by atoms with Crippen molar-refractivity contribution >= 4 is 15.7 Å². The molecule has 3 aromatic rings. The van der Waals surface area contributed by atoms with Crippen molar-refractivity contribution in [3.63, 3.8) is 0 Å². The van der Waals surface area contributed by atoms with Gasteiger partial charge in [0, 0.05) is 17.3 Å². The molecule has 0 bridgehead atoms. The Kier molecular flexibility index (Phi) is 5.69. The molecule has 152 valence electrons. The largest absolute Gasteiger partial charge is 0.444 e. The third-order valence-electron chi connectivity index (χ3n) is 5.25. The number of rotatable bonds is 7. The first kappa shape index (κ1) is 19.7. The second-order valence-electron chi connectivity index (χ2n) is 7.37. The van der Waals surface area contributed by atoms with Crippen LogP contribution in [0.5, 0.6) is 0 Å². The van der Waals surface area contributed by atoms with Crippen LogP contribution in [0.4, 0.5) is 5.69 Å². The van der Waals surface area contributed by atoms with Gasteiger partial charge in [0.05, 0.1) is 11.1 Å². The first-order valence-electron chi connectivity index (χ1n) is 9.92. The topological polar surface area (TPSA) is 84.2 Å². The Morgan fingerprint density at radius 1 is 1.14 bits per heavy atom. The van der Waals surface area contributed by atoms with Crippen LogP contribution in [0.1, 0.15) is 30.9 Å². The Hall–Kier alpha value is -2.64. The zero-order valence-electron chi connectivity index (χ0n) is 16.4. The van der Waals surface area contributed by atoms with Crippen LogP contribution in [-0.2, 0) is 22.9 Å². The molecule has 0 saturated carbocycles. The maximum absolute atomic E-state index is 12.8. The third kappa shape index (κ3) is 4.52. The van der Waals surface area contributed by atoms with E-state index < -0.39 is 10.0 Å². The van der Waals surface area contributed by atoms with Crippen molar-refractivity contribution in [3.05, 3.63) is 66.2 Å². The number of aromatic nitrogens is 1. The fourth-order valence-electron chi connectivity index (χ4n) is 3.71. The van der Waals surface area contributed by atoms with Gasteiger partial charge in [0.2, 0.25) is 0 Å². The first-order chi connectivity index (χ1) is 14.0. The van der Waals surface area contributed by atoms with Gasteiger partial charge in [-0.2, -0.15) is 0 Å². The average Bonchev–Trinajstić information content (AvgIpc) is 3.27. The lowest BCUT2D eigenvalue weighted by Gasteiger charge is -2.26. The van der Waals surface area contributed by atoms with Crippen molar-refractivity contribution in [3.8, 4) is 11.3 Å². The molecule has 6 nitrogen and oxygen atoms in total. The van der Waals surface area contributed by atoms with E-state index in [2.05, 4.69) is 21.9 Å². The molecule has 0 spiro atoms. The van der Waals surface area contributed by atoms with Crippen LogP contribution in [0.15, 0.2) is 64.4 Å². The number of anilines is 1. The molecule has 0 saturated heterocycles. The number of oxazole rings is 1. The zero-order chi connectivity index (χ0) is 20.3. The molecular formula is C22H25N3O3S. The number of hydrogen-bond acceptors (Lipinski definition) is 5. The smallest absolute Gasteiger partial charge is 0.261 e. The minimum absolute atomic E-state index is 0.210. The van der Waals surface area contributed by atoms with Crippen LogP contribution in [0, 0.1) is 0 Å². The van der Waals surface area contributed by atoms with Crippen LogP contribution in [0.25, 0.3) is 11.3 Å². The van der Waals surface area contributed by atoms with Crippen LogP contribution in [0.2, 0.25) is 0 Å². The van der Waals surface area contributed by atoms with Crippen LogP contribution < -0.4 is 10.0 Å². The van der Waals surface area contributed by atoms with E-state index in [9.17, 15) is 8.42 Å². The molecule has 0 amide bonds. The van der Waals surface area contributed by atoms with Gasteiger partial charge < -0.3 is 9.73 Å². The van der Waals surface area contributed by atoms with Gasteiger partial charge >= 0.3 is 0 Å². The van der Waals surface area contributed by atoms with E-state index >= 15 is 0 Å². The summed E-state index contributed by atoms with van der Waals surface area (Å²) in [6.45, 7) is 3.21. The average molecular weight is 412 g/mol. The van der Waals surface area contributed by atoms with Gasteiger partial charge in [0.25, 0.3) is 10.0 Å². The van der Waals surface area contributed by atoms with Gasteiger partial charge in [-0.1, -0.05) is 13.0 Å². The predicted molar refractivity (Wildman–Crippen MR) is 113 cm³/mol. The van der Waals surface area contributed by atoms with Crippen LogP contribution in [0.3, 0.4) is 0 Å². The second kappa shape index (κ2) is 8.39. The standard InChI is InChI=1S/C22H25N3O3S/c1-2-11-24-19-7-3-18-13-20(8-4-17(18)12-19)25-29(26,27)21-9-5-16(6-10-21)22-14-23-15-28-22/h4-6,8-10,13-15,19,24-25H,2-3,7,11-12H2,1H3/t19-/m0/s1. The zero-order valence-corrected chi connectivity index (χ0v) is 17.2. The number of benzene rings is 2. The SMILES string of the molecule is CCCN[C@H]1CCc2cc(NS(=O)(=O)c3ccc(-c4cnco4)cc3)ccc2C1. The summed E-state index contributed by atoms with van der Waals surface area (Å²) in [6, 6.07) is 12.9. The van der Waals surface area contributed by atoms with E-state index in [4.69, 9.17) is 4.42 Å². The van der Waals surface area contributed by atoms with E-state index in [1.807, 2.05) is 18.2 Å². The van der Waals surface area contributed by atoms with Gasteiger partial charge in [0.1, 0.15) is 0 Å². The number of nitrogens with zero attached hydrogens (tertiary/aromatic N) is 1. The molecule has 0 fully saturated rings. The summed E-state index contributed by atoms with van der Waals surface area (Å²) in [5.41, 5.74) is 3.90. The molecule has 2 N–H and O–H groups in total. The summed E-state index contributed by atoms with van der Waals surface area (Å²) in [5, 5.41) is 3.58. The van der Waals surface area contributed by atoms with E-state index in [0.29, 0.717) is 17.5 Å². The Balaban J connectivity index is 1.47. The lowest BCUT2D eigenvalue weighted by molar-refractivity contribution is 0.459. The summed E-state index contributed by atoms with van der Waals surface area (Å²) in [5.74, 6) is 0.600. The Bertz CT molecular complexity index is 1060. The van der Waals surface area contributed by atoms with E-state index in [-0.39, 0.29) is 4.90 Å². The number of sulfonamides is 1. The predicted octanol–water partition coefficient (Wildman–Crippen LogP) is 4.00. The lowest BCUT2D eigenvalue weighted by atomic mass is 9.88. The highest BCUT2D eigenvalue weighted by molar-refractivity contribution is 7.92. The number of hydrogen-bond donors (Lipinski definition) is 2. The lowest BCUT2D eigenvalue weighted by Crippen LogP contribution is -2.35. The molecule has 1 atom stereocenters. The fraction of sp³-hybridized carbons (Fsp3) is 0.318. The molecule has 1 aromatic heterocycles. The number of fused-ring (bicyclic) bond motifs is 1. The molecule has 1 heterocycles. The fourth-order valence-corrected chi connectivity index (χ4v) is 4.76. The van der Waals surface area contributed by atoms with E-state index in [1.165, 1.54) is 17.5 Å². The van der Waals surface area contributed by atoms with Crippen molar-refractivity contribution in [2.24, 2.45) is 0 Å². The summed E-state index contributed by atoms with van der Waals surface area (Å²) >= 11 is 0. The normalized spacial score (nSPS) is 16.4. The van der Waals surface area contributed by atoms with Gasteiger partial charge in [-0.05, 0) is 79.8 Å².